The predicted molar refractivity (Wildman–Crippen MR) is 168 cm³/mol. The summed E-state index contributed by atoms with van der Waals surface area (Å²) in [6.45, 7) is 8.00. The lowest BCUT2D eigenvalue weighted by atomic mass is 9.83. The highest BCUT2D eigenvalue weighted by atomic mass is 19.4. The molecule has 1 saturated carbocycles. The van der Waals surface area contributed by atoms with Gasteiger partial charge in [0.2, 0.25) is 0 Å². The quantitative estimate of drug-likeness (QED) is 0.108. The monoisotopic (exact) mass is 780 g/mol. The van der Waals surface area contributed by atoms with Crippen LogP contribution in [-0.4, -0.2) is 176 Å². The molecule has 0 aromatic heterocycles. The first-order chi connectivity index (χ1) is 24.2. The van der Waals surface area contributed by atoms with Gasteiger partial charge in [-0.25, -0.2) is 9.59 Å². The molecule has 2 saturated heterocycles. The van der Waals surface area contributed by atoms with Gasteiger partial charge < -0.3 is 85.9 Å². The van der Waals surface area contributed by atoms with Crippen molar-refractivity contribution in [3.05, 3.63) is 0 Å². The maximum absolute atomic E-state index is 13.0. The topological polar surface area (TPSA) is 310 Å². The first-order valence-corrected chi connectivity index (χ1v) is 16.6. The molecule has 12 N–H and O–H groups in total. The molecule has 6 unspecified atom stereocenters. The molecule has 0 spiro atoms. The Kier molecular flexibility index (Phi) is 14.7. The molecule has 20 nitrogen and oxygen atoms in total. The van der Waals surface area contributed by atoms with E-state index in [-0.39, 0.29) is 6.42 Å². The van der Waals surface area contributed by atoms with E-state index >= 15 is 0 Å². The van der Waals surface area contributed by atoms with E-state index in [1.165, 1.54) is 5.32 Å². The van der Waals surface area contributed by atoms with Crippen molar-refractivity contribution in [3.63, 3.8) is 0 Å². The molecule has 1 aliphatic carbocycles. The van der Waals surface area contributed by atoms with Gasteiger partial charge in [-0.2, -0.15) is 13.2 Å². The Morgan fingerprint density at radius 3 is 1.79 bits per heavy atom. The molecule has 0 bridgehead atoms. The highest BCUT2D eigenvalue weighted by Crippen LogP contribution is 2.33. The van der Waals surface area contributed by atoms with Gasteiger partial charge in [-0.15, -0.1) is 0 Å². The number of carbonyl (C=O) groups excluding carboxylic acids is 3. The zero-order valence-corrected chi connectivity index (χ0v) is 29.8. The molecule has 2 aliphatic heterocycles. The molecule has 2 heterocycles. The molecule has 3 amide bonds. The normalized spacial score (nSPS) is 38.4. The number of carbonyl (C=O) groups is 3. The fourth-order valence-corrected chi connectivity index (χ4v) is 5.81. The smallest absolute Gasteiger partial charge is 0.444 e. The van der Waals surface area contributed by atoms with Crippen molar-refractivity contribution < 1.29 is 91.7 Å². The highest BCUT2D eigenvalue weighted by Gasteiger charge is 2.54. The van der Waals surface area contributed by atoms with Crippen LogP contribution in [0.3, 0.4) is 0 Å². The minimum atomic E-state index is -5.42. The van der Waals surface area contributed by atoms with Crippen LogP contribution in [0.25, 0.3) is 0 Å². The average molecular weight is 781 g/mol. The van der Waals surface area contributed by atoms with Gasteiger partial charge in [0.05, 0.1) is 18.7 Å². The third-order valence-corrected chi connectivity index (χ3v) is 8.26. The van der Waals surface area contributed by atoms with Crippen molar-refractivity contribution in [2.45, 2.75) is 157 Å². The lowest BCUT2D eigenvalue weighted by Gasteiger charge is -2.49. The second-order valence-electron chi connectivity index (χ2n) is 14.9. The number of aliphatic hydroxyl groups is 7. The molecule has 15 atom stereocenters. The van der Waals surface area contributed by atoms with Crippen LogP contribution in [0.5, 0.6) is 0 Å². The maximum Gasteiger partial charge on any atom is 0.471 e. The lowest BCUT2D eigenvalue weighted by Crippen LogP contribution is -2.70. The molecule has 0 radical (unpaired) electrons. The van der Waals surface area contributed by atoms with Gasteiger partial charge in [0.15, 0.2) is 12.6 Å². The van der Waals surface area contributed by atoms with Crippen LogP contribution in [0.2, 0.25) is 0 Å². The van der Waals surface area contributed by atoms with Gasteiger partial charge >= 0.3 is 24.3 Å². The van der Waals surface area contributed by atoms with Crippen LogP contribution < -0.4 is 21.7 Å². The summed E-state index contributed by atoms with van der Waals surface area (Å²) in [4.78, 5) is 36.7. The SMILES string of the molecule is CC(C)(C)OC(=O)NCC1O[C@H](O[C@@H]2C(NC(=O)OC(C)(C)C)C[C@@H](N)[C@@H](O[C@H]3OC(CO)[C@@H](O)[C@@H](NC(=O)C(F)(F)F)C3O)C2O)[C@@H](O)C(O)[C@@H]1O. The van der Waals surface area contributed by atoms with Crippen LogP contribution in [0.15, 0.2) is 0 Å². The van der Waals surface area contributed by atoms with Crippen LogP contribution in [0.4, 0.5) is 22.8 Å². The summed E-state index contributed by atoms with van der Waals surface area (Å²) >= 11 is 0. The van der Waals surface area contributed by atoms with Gasteiger partial charge in [0.25, 0.3) is 0 Å². The van der Waals surface area contributed by atoms with E-state index in [0.29, 0.717) is 0 Å². The molecule has 53 heavy (non-hydrogen) atoms. The second-order valence-corrected chi connectivity index (χ2v) is 14.9. The number of amides is 3. The van der Waals surface area contributed by atoms with Gasteiger partial charge in [-0.3, -0.25) is 4.79 Å². The van der Waals surface area contributed by atoms with E-state index in [4.69, 9.17) is 34.2 Å². The summed E-state index contributed by atoms with van der Waals surface area (Å²) in [5.74, 6) is -2.53. The lowest BCUT2D eigenvalue weighted by molar-refractivity contribution is -0.333. The minimum absolute atomic E-state index is 0.327. The van der Waals surface area contributed by atoms with Crippen molar-refractivity contribution in [1.29, 1.82) is 0 Å². The molecule has 23 heteroatoms. The minimum Gasteiger partial charge on any atom is -0.444 e. The average Bonchev–Trinajstić information content (AvgIpc) is 3.01. The van der Waals surface area contributed by atoms with Gasteiger partial charge in [-0.1, -0.05) is 0 Å². The Bertz CT molecular complexity index is 1260. The Hall–Kier alpha value is -2.68. The molecule has 3 fully saturated rings. The van der Waals surface area contributed by atoms with Gasteiger partial charge in [0, 0.05) is 12.6 Å². The van der Waals surface area contributed by atoms with Gasteiger partial charge in [-0.05, 0) is 48.0 Å². The third kappa shape index (κ3) is 11.9. The predicted octanol–water partition coefficient (Wildman–Crippen LogP) is -3.44. The fourth-order valence-electron chi connectivity index (χ4n) is 5.81. The van der Waals surface area contributed by atoms with E-state index < -0.39 is 140 Å². The van der Waals surface area contributed by atoms with Crippen LogP contribution in [-0.2, 0) is 33.2 Å². The first kappa shape index (κ1) is 44.7. The second kappa shape index (κ2) is 17.4. The first-order valence-electron chi connectivity index (χ1n) is 16.6. The number of alkyl carbamates (subject to hydrolysis) is 2. The molecule has 0 aromatic rings. The number of nitrogens with one attached hydrogen (secondary N) is 3. The van der Waals surface area contributed by atoms with Crippen molar-refractivity contribution in [2.24, 2.45) is 5.73 Å². The van der Waals surface area contributed by atoms with Crippen LogP contribution >= 0.6 is 0 Å². The number of hydrogen-bond acceptors (Lipinski definition) is 17. The van der Waals surface area contributed by atoms with E-state index in [0.717, 1.165) is 0 Å². The Balaban J connectivity index is 1.89. The van der Waals surface area contributed by atoms with Crippen molar-refractivity contribution in [2.75, 3.05) is 13.2 Å². The molecule has 308 valence electrons. The maximum atomic E-state index is 13.0. The summed E-state index contributed by atoms with van der Waals surface area (Å²) in [6, 6.07) is -4.68. The Morgan fingerprint density at radius 1 is 0.717 bits per heavy atom. The standard InChI is InChI=1S/C30H51F3N4O16/c1-28(2,3)52-26(46)35-8-12-16(40)18(42)19(43)24(48-12)51-22-11(36-27(47)53-29(4,5)6)7-10(34)21(20(22)44)50-23-17(41)14(15(39)13(9-38)49-23)37-25(45)30(31,32)33/h10-24,38-44H,7-9,34H2,1-6H3,(H,35,46)(H,36,47)(H,37,45)/t10-,11?,12?,13?,14-,15-,16-,17?,18?,19+,20?,21-,22-,23-,24-/m1/s1. The number of ether oxygens (including phenoxy) is 6. The number of hydrogen-bond donors (Lipinski definition) is 11. The molecule has 3 rings (SSSR count). The van der Waals surface area contributed by atoms with E-state index in [1.807, 2.05) is 0 Å². The molecule has 0 aromatic carbocycles. The molecule has 3 aliphatic rings. The fraction of sp³-hybridized carbons (Fsp3) is 0.900. The van der Waals surface area contributed by atoms with Gasteiger partial charge in [0.1, 0.15) is 72.2 Å². The van der Waals surface area contributed by atoms with E-state index in [9.17, 15) is 63.3 Å². The van der Waals surface area contributed by atoms with Crippen molar-refractivity contribution >= 4 is 18.1 Å². The van der Waals surface area contributed by atoms with Crippen LogP contribution in [0.1, 0.15) is 48.0 Å². The highest BCUT2D eigenvalue weighted by molar-refractivity contribution is 5.82. The van der Waals surface area contributed by atoms with E-state index in [2.05, 4.69) is 10.6 Å². The number of halogens is 3. The van der Waals surface area contributed by atoms with Crippen LogP contribution in [0, 0.1) is 0 Å². The summed E-state index contributed by atoms with van der Waals surface area (Å²) in [5, 5.41) is 80.9. The number of nitrogens with two attached hydrogens (primary N) is 1. The zero-order valence-electron chi connectivity index (χ0n) is 29.8. The van der Waals surface area contributed by atoms with Crippen molar-refractivity contribution in [3.8, 4) is 0 Å². The molecular weight excluding hydrogens is 729 g/mol. The number of rotatable bonds is 9. The Labute approximate surface area is 302 Å². The zero-order chi connectivity index (χ0) is 40.4. The summed E-state index contributed by atoms with van der Waals surface area (Å²) in [5.41, 5.74) is 4.41. The summed E-state index contributed by atoms with van der Waals surface area (Å²) in [6.07, 6.45) is -30.2. The molecular formula is C30H51F3N4O16. The number of aliphatic hydroxyl groups excluding tert-OH is 7. The Morgan fingerprint density at radius 2 is 1.25 bits per heavy atom. The summed E-state index contributed by atoms with van der Waals surface area (Å²) in [7, 11) is 0. The van der Waals surface area contributed by atoms with Crippen molar-refractivity contribution in [1.82, 2.24) is 16.0 Å². The van der Waals surface area contributed by atoms with E-state index in [1.54, 1.807) is 41.5 Å². The number of alkyl halides is 3. The summed E-state index contributed by atoms with van der Waals surface area (Å²) < 4.78 is 72.1. The largest absolute Gasteiger partial charge is 0.471 e. The third-order valence-electron chi connectivity index (χ3n) is 8.26.